The van der Waals surface area contributed by atoms with Crippen LogP contribution in [0.5, 0.6) is 5.75 Å². The number of methoxy groups -OCH3 is 1. The standard InChI is InChI=1S/C16H24N2O3/c1-11-7-8-18(10-15(11)21-2)16(20)14(17)9-12-3-5-13(19)6-4-12/h3-6,11,14-15,19H,7-10,17H2,1-2H3/t11?,14-,15?/m1/s1. The third kappa shape index (κ3) is 3.95. The molecule has 0 spiro atoms. The number of phenols is 1. The Kier molecular flexibility index (Phi) is 5.20. The van der Waals surface area contributed by atoms with E-state index in [4.69, 9.17) is 10.5 Å². The lowest BCUT2D eigenvalue weighted by Gasteiger charge is -2.37. The smallest absolute Gasteiger partial charge is 0.239 e. The largest absolute Gasteiger partial charge is 0.508 e. The van der Waals surface area contributed by atoms with Gasteiger partial charge in [-0.3, -0.25) is 4.79 Å². The number of phenolic OH excluding ortho intramolecular Hbond substituents is 1. The van der Waals surface area contributed by atoms with Gasteiger partial charge in [-0.25, -0.2) is 0 Å². The van der Waals surface area contributed by atoms with Gasteiger partial charge in [0.2, 0.25) is 5.91 Å². The highest BCUT2D eigenvalue weighted by molar-refractivity contribution is 5.82. The fourth-order valence-corrected chi connectivity index (χ4v) is 2.75. The molecule has 3 N–H and O–H groups in total. The number of carbonyl (C=O) groups excluding carboxylic acids is 1. The van der Waals surface area contributed by atoms with E-state index in [9.17, 15) is 9.90 Å². The molecule has 1 aliphatic rings. The topological polar surface area (TPSA) is 75.8 Å². The molecule has 0 aromatic heterocycles. The van der Waals surface area contributed by atoms with Crippen molar-refractivity contribution in [2.24, 2.45) is 11.7 Å². The summed E-state index contributed by atoms with van der Waals surface area (Å²) in [7, 11) is 1.69. The van der Waals surface area contributed by atoms with Crippen LogP contribution in [0.25, 0.3) is 0 Å². The number of ether oxygens (including phenoxy) is 1. The second-order valence-corrected chi connectivity index (χ2v) is 5.80. The highest BCUT2D eigenvalue weighted by Gasteiger charge is 2.30. The Morgan fingerprint density at radius 1 is 1.48 bits per heavy atom. The van der Waals surface area contributed by atoms with Crippen molar-refractivity contribution in [3.8, 4) is 5.75 Å². The molecule has 21 heavy (non-hydrogen) atoms. The van der Waals surface area contributed by atoms with Crippen LogP contribution in [0.15, 0.2) is 24.3 Å². The average molecular weight is 292 g/mol. The number of piperidine rings is 1. The van der Waals surface area contributed by atoms with E-state index < -0.39 is 6.04 Å². The van der Waals surface area contributed by atoms with Crippen molar-refractivity contribution in [2.75, 3.05) is 20.2 Å². The molecule has 1 amide bonds. The monoisotopic (exact) mass is 292 g/mol. The SMILES string of the molecule is COC1CN(C(=O)[C@H](N)Cc2ccc(O)cc2)CCC1C. The minimum Gasteiger partial charge on any atom is -0.508 e. The molecule has 1 saturated heterocycles. The molecule has 0 radical (unpaired) electrons. The van der Waals surface area contributed by atoms with Gasteiger partial charge in [0.05, 0.1) is 12.1 Å². The number of likely N-dealkylation sites (tertiary alicyclic amines) is 1. The van der Waals surface area contributed by atoms with Crippen LogP contribution in [0.2, 0.25) is 0 Å². The summed E-state index contributed by atoms with van der Waals surface area (Å²) >= 11 is 0. The van der Waals surface area contributed by atoms with E-state index in [0.29, 0.717) is 18.9 Å². The van der Waals surface area contributed by atoms with Crippen molar-refractivity contribution in [1.29, 1.82) is 0 Å². The first-order chi connectivity index (χ1) is 10.0. The summed E-state index contributed by atoms with van der Waals surface area (Å²) in [6.45, 7) is 3.50. The fraction of sp³-hybridized carbons (Fsp3) is 0.562. The summed E-state index contributed by atoms with van der Waals surface area (Å²) in [5.41, 5.74) is 6.99. The molecule has 5 nitrogen and oxygen atoms in total. The average Bonchev–Trinajstić information content (AvgIpc) is 2.49. The van der Waals surface area contributed by atoms with Gasteiger partial charge >= 0.3 is 0 Å². The molecule has 1 aromatic rings. The molecule has 1 aliphatic heterocycles. The fourth-order valence-electron chi connectivity index (χ4n) is 2.75. The molecule has 1 heterocycles. The lowest BCUT2D eigenvalue weighted by molar-refractivity contribution is -0.137. The third-order valence-corrected chi connectivity index (χ3v) is 4.21. The number of aromatic hydroxyl groups is 1. The van der Waals surface area contributed by atoms with Gasteiger partial charge < -0.3 is 20.5 Å². The Morgan fingerprint density at radius 2 is 2.14 bits per heavy atom. The summed E-state index contributed by atoms with van der Waals surface area (Å²) in [5, 5.41) is 9.26. The van der Waals surface area contributed by atoms with Gasteiger partial charge in [0, 0.05) is 20.2 Å². The van der Waals surface area contributed by atoms with Crippen LogP contribution in [0, 0.1) is 5.92 Å². The zero-order valence-corrected chi connectivity index (χ0v) is 12.7. The van der Waals surface area contributed by atoms with Crippen molar-refractivity contribution in [2.45, 2.75) is 31.9 Å². The summed E-state index contributed by atoms with van der Waals surface area (Å²) < 4.78 is 5.43. The predicted molar refractivity (Wildman–Crippen MR) is 80.9 cm³/mol. The van der Waals surface area contributed by atoms with E-state index in [1.807, 2.05) is 0 Å². The number of hydrogen-bond acceptors (Lipinski definition) is 4. The molecule has 5 heteroatoms. The summed E-state index contributed by atoms with van der Waals surface area (Å²) in [5.74, 6) is 0.649. The van der Waals surface area contributed by atoms with Crippen LogP contribution in [0.4, 0.5) is 0 Å². The van der Waals surface area contributed by atoms with Gasteiger partial charge in [-0.1, -0.05) is 19.1 Å². The van der Waals surface area contributed by atoms with Gasteiger partial charge in [-0.2, -0.15) is 0 Å². The normalized spacial score (nSPS) is 23.9. The first-order valence-corrected chi connectivity index (χ1v) is 7.36. The minimum atomic E-state index is -0.555. The van der Waals surface area contributed by atoms with Crippen LogP contribution < -0.4 is 5.73 Å². The highest BCUT2D eigenvalue weighted by Crippen LogP contribution is 2.20. The van der Waals surface area contributed by atoms with E-state index in [2.05, 4.69) is 6.92 Å². The van der Waals surface area contributed by atoms with Crippen molar-refractivity contribution >= 4 is 5.91 Å². The predicted octanol–water partition coefficient (Wildman–Crippen LogP) is 1.15. The second kappa shape index (κ2) is 6.91. The molecule has 0 saturated carbocycles. The Hall–Kier alpha value is -1.59. The number of nitrogens with two attached hydrogens (primary N) is 1. The maximum Gasteiger partial charge on any atom is 0.239 e. The Morgan fingerprint density at radius 3 is 2.76 bits per heavy atom. The van der Waals surface area contributed by atoms with Gasteiger partial charge in [-0.15, -0.1) is 0 Å². The molecule has 1 fully saturated rings. The minimum absolute atomic E-state index is 0.0305. The van der Waals surface area contributed by atoms with Crippen LogP contribution in [0.3, 0.4) is 0 Å². The molecule has 2 unspecified atom stereocenters. The molecule has 2 rings (SSSR count). The molecular formula is C16H24N2O3. The van der Waals surface area contributed by atoms with Gasteiger partial charge in [0.15, 0.2) is 0 Å². The highest BCUT2D eigenvalue weighted by atomic mass is 16.5. The first kappa shape index (κ1) is 15.8. The van der Waals surface area contributed by atoms with E-state index in [1.54, 1.807) is 36.3 Å². The van der Waals surface area contributed by atoms with Crippen LogP contribution in [-0.4, -0.2) is 48.3 Å². The Bertz CT molecular complexity index is 475. The zero-order chi connectivity index (χ0) is 15.4. The number of hydrogen-bond donors (Lipinski definition) is 2. The van der Waals surface area contributed by atoms with Crippen LogP contribution in [0.1, 0.15) is 18.9 Å². The zero-order valence-electron chi connectivity index (χ0n) is 12.7. The Labute approximate surface area is 125 Å². The number of rotatable bonds is 4. The second-order valence-electron chi connectivity index (χ2n) is 5.80. The van der Waals surface area contributed by atoms with E-state index in [1.165, 1.54) is 0 Å². The van der Waals surface area contributed by atoms with Crippen LogP contribution in [-0.2, 0) is 16.0 Å². The molecule has 116 valence electrons. The number of carbonyl (C=O) groups is 1. The van der Waals surface area contributed by atoms with E-state index in [0.717, 1.165) is 18.5 Å². The van der Waals surface area contributed by atoms with Crippen LogP contribution >= 0.6 is 0 Å². The van der Waals surface area contributed by atoms with Crippen molar-refractivity contribution in [3.63, 3.8) is 0 Å². The molecule has 0 aliphatic carbocycles. The van der Waals surface area contributed by atoms with Gasteiger partial charge in [0.1, 0.15) is 5.75 Å². The lowest BCUT2D eigenvalue weighted by atomic mass is 9.95. The maximum atomic E-state index is 12.4. The first-order valence-electron chi connectivity index (χ1n) is 7.36. The molecule has 0 bridgehead atoms. The Balaban J connectivity index is 1.94. The molecule has 1 aromatic carbocycles. The molecular weight excluding hydrogens is 268 g/mol. The third-order valence-electron chi connectivity index (χ3n) is 4.21. The summed E-state index contributed by atoms with van der Waals surface area (Å²) in [4.78, 5) is 14.2. The number of amides is 1. The van der Waals surface area contributed by atoms with E-state index >= 15 is 0 Å². The van der Waals surface area contributed by atoms with E-state index in [-0.39, 0.29) is 17.8 Å². The quantitative estimate of drug-likeness (QED) is 0.873. The van der Waals surface area contributed by atoms with Gasteiger partial charge in [-0.05, 0) is 36.5 Å². The van der Waals surface area contributed by atoms with Crippen molar-refractivity contribution in [1.82, 2.24) is 4.90 Å². The van der Waals surface area contributed by atoms with Gasteiger partial charge in [0.25, 0.3) is 0 Å². The summed E-state index contributed by atoms with van der Waals surface area (Å²) in [6, 6.07) is 6.24. The van der Waals surface area contributed by atoms with Crippen molar-refractivity contribution in [3.05, 3.63) is 29.8 Å². The number of benzene rings is 1. The maximum absolute atomic E-state index is 12.4. The van der Waals surface area contributed by atoms with Crippen molar-refractivity contribution < 1.29 is 14.6 Å². The number of nitrogens with zero attached hydrogens (tertiary/aromatic N) is 1. The summed E-state index contributed by atoms with van der Waals surface area (Å²) in [6.07, 6.45) is 1.50. The lowest BCUT2D eigenvalue weighted by Crippen LogP contribution is -2.52. The molecule has 3 atom stereocenters.